The van der Waals surface area contributed by atoms with Gasteiger partial charge in [-0.15, -0.1) is 0 Å². The number of rotatable bonds is 10. The highest BCUT2D eigenvalue weighted by molar-refractivity contribution is 8.00. The van der Waals surface area contributed by atoms with Crippen LogP contribution in [-0.2, 0) is 9.59 Å². The molecule has 2 saturated heterocycles. The summed E-state index contributed by atoms with van der Waals surface area (Å²) >= 11 is 1.88. The molecule has 4 atom stereocenters. The van der Waals surface area contributed by atoms with Gasteiger partial charge in [-0.2, -0.15) is 11.8 Å². The van der Waals surface area contributed by atoms with Crippen LogP contribution in [-0.4, -0.2) is 52.6 Å². The van der Waals surface area contributed by atoms with Crippen molar-refractivity contribution in [1.82, 2.24) is 16.0 Å². The van der Waals surface area contributed by atoms with Gasteiger partial charge >= 0.3 is 12.0 Å². The molecule has 3 amide bonds. The number of carboxylic acids is 1. The number of carbonyl (C=O) groups is 3. The summed E-state index contributed by atoms with van der Waals surface area (Å²) in [6.45, 7) is 2.15. The largest absolute Gasteiger partial charge is 0.481 e. The van der Waals surface area contributed by atoms with Crippen LogP contribution in [0, 0.1) is 5.92 Å². The summed E-state index contributed by atoms with van der Waals surface area (Å²) in [5.74, 6) is -0.477. The molecule has 0 radical (unpaired) electrons. The minimum atomic E-state index is -0.850. The Bertz CT molecular complexity index is 474. The molecule has 2 aliphatic heterocycles. The minimum absolute atomic E-state index is 0.0743. The van der Waals surface area contributed by atoms with Gasteiger partial charge in [0.25, 0.3) is 0 Å². The summed E-state index contributed by atoms with van der Waals surface area (Å²) in [6, 6.07) is 0.374. The van der Waals surface area contributed by atoms with Gasteiger partial charge in [-0.25, -0.2) is 4.79 Å². The maximum atomic E-state index is 11.8. The average Bonchev–Trinajstić information content (AvgIpc) is 3.07. The Balaban J connectivity index is 1.58. The van der Waals surface area contributed by atoms with Gasteiger partial charge in [-0.05, 0) is 19.3 Å². The van der Waals surface area contributed by atoms with E-state index < -0.39 is 11.9 Å². The fraction of sp³-hybridized carbons (Fsp3) is 0.812. The number of aliphatic carboxylic acids is 1. The molecule has 136 valence electrons. The monoisotopic (exact) mass is 357 g/mol. The van der Waals surface area contributed by atoms with E-state index in [1.54, 1.807) is 0 Å². The molecule has 1 unspecified atom stereocenters. The van der Waals surface area contributed by atoms with Gasteiger partial charge in [-0.3, -0.25) is 9.59 Å². The molecule has 2 fully saturated rings. The van der Waals surface area contributed by atoms with E-state index in [1.165, 1.54) is 0 Å². The lowest BCUT2D eigenvalue weighted by Crippen LogP contribution is -2.36. The summed E-state index contributed by atoms with van der Waals surface area (Å²) in [4.78, 5) is 34.2. The van der Waals surface area contributed by atoms with Crippen molar-refractivity contribution >= 4 is 29.7 Å². The predicted molar refractivity (Wildman–Crippen MR) is 93.0 cm³/mol. The lowest BCUT2D eigenvalue weighted by Gasteiger charge is -2.16. The van der Waals surface area contributed by atoms with Crippen molar-refractivity contribution in [2.24, 2.45) is 5.92 Å². The van der Waals surface area contributed by atoms with Crippen molar-refractivity contribution in [2.45, 2.75) is 62.8 Å². The minimum Gasteiger partial charge on any atom is -0.481 e. The van der Waals surface area contributed by atoms with Gasteiger partial charge in [0.15, 0.2) is 0 Å². The lowest BCUT2D eigenvalue weighted by atomic mass is 10.0. The third-order valence-corrected chi connectivity index (χ3v) is 6.12. The quantitative estimate of drug-likeness (QED) is 0.348. The molecule has 0 aliphatic carbocycles. The second-order valence-electron chi connectivity index (χ2n) is 6.50. The van der Waals surface area contributed by atoms with Gasteiger partial charge in [0.1, 0.15) is 0 Å². The highest BCUT2D eigenvalue weighted by Crippen LogP contribution is 2.33. The molecule has 4 N–H and O–H groups in total. The fourth-order valence-corrected chi connectivity index (χ4v) is 4.80. The number of nitrogens with one attached hydrogen (secondary N) is 3. The van der Waals surface area contributed by atoms with Crippen LogP contribution >= 0.6 is 11.8 Å². The molecule has 2 aliphatic rings. The zero-order chi connectivity index (χ0) is 17.5. The van der Waals surface area contributed by atoms with Crippen molar-refractivity contribution in [2.75, 3.05) is 12.3 Å². The number of thioether (sulfide) groups is 1. The van der Waals surface area contributed by atoms with Crippen LogP contribution in [0.3, 0.4) is 0 Å². The molecule has 2 rings (SSSR count). The van der Waals surface area contributed by atoms with E-state index in [-0.39, 0.29) is 30.6 Å². The highest BCUT2D eigenvalue weighted by atomic mass is 32.2. The molecule has 0 aromatic rings. The lowest BCUT2D eigenvalue weighted by molar-refractivity contribution is -0.141. The predicted octanol–water partition coefficient (Wildman–Crippen LogP) is 1.33. The van der Waals surface area contributed by atoms with Crippen molar-refractivity contribution in [1.29, 1.82) is 0 Å². The van der Waals surface area contributed by atoms with Gasteiger partial charge in [0.05, 0.1) is 18.0 Å². The smallest absolute Gasteiger partial charge is 0.315 e. The number of unbranched alkanes of at least 4 members (excludes halogenated alkanes) is 1. The normalized spacial score (nSPS) is 26.4. The number of carbonyl (C=O) groups excluding carboxylic acids is 2. The molecule has 7 nitrogen and oxygen atoms in total. The maximum Gasteiger partial charge on any atom is 0.315 e. The van der Waals surface area contributed by atoms with Gasteiger partial charge in [0.2, 0.25) is 5.91 Å². The Hall–Kier alpha value is -1.44. The molecule has 8 heteroatoms. The molecule has 2 heterocycles. The van der Waals surface area contributed by atoms with E-state index in [1.807, 2.05) is 18.7 Å². The third kappa shape index (κ3) is 5.29. The molecular weight excluding hydrogens is 330 g/mol. The van der Waals surface area contributed by atoms with Crippen molar-refractivity contribution in [3.63, 3.8) is 0 Å². The zero-order valence-electron chi connectivity index (χ0n) is 14.0. The van der Waals surface area contributed by atoms with Crippen molar-refractivity contribution in [3.8, 4) is 0 Å². The Kier molecular flexibility index (Phi) is 7.20. The topological polar surface area (TPSA) is 108 Å². The van der Waals surface area contributed by atoms with E-state index in [2.05, 4.69) is 16.0 Å². The maximum absolute atomic E-state index is 11.8. The van der Waals surface area contributed by atoms with Gasteiger partial charge in [0, 0.05) is 24.0 Å². The molecule has 0 spiro atoms. The summed E-state index contributed by atoms with van der Waals surface area (Å²) in [6.07, 6.45) is 4.49. The number of carboxylic acid groups (broad SMARTS) is 1. The first kappa shape index (κ1) is 18.9. The molecule has 0 saturated carbocycles. The summed E-state index contributed by atoms with van der Waals surface area (Å²) in [7, 11) is 0. The van der Waals surface area contributed by atoms with Gasteiger partial charge in [-0.1, -0.05) is 19.8 Å². The molecule has 0 aromatic carbocycles. The highest BCUT2D eigenvalue weighted by Gasteiger charge is 2.42. The first-order chi connectivity index (χ1) is 11.5. The zero-order valence-corrected chi connectivity index (χ0v) is 14.9. The first-order valence-corrected chi connectivity index (χ1v) is 9.74. The fourth-order valence-electron chi connectivity index (χ4n) is 3.26. The van der Waals surface area contributed by atoms with E-state index in [9.17, 15) is 14.4 Å². The summed E-state index contributed by atoms with van der Waals surface area (Å²) in [5.41, 5.74) is 0. The molecule has 0 aromatic heterocycles. The standard InChI is InChI=1S/C16H27N3O4S/c1-2-5-10(15(21)22)8-17-13(20)7-4-3-6-12-14-11(9-24-12)18-16(23)19-14/h10-12,14H,2-9H2,1H3,(H,17,20)(H,21,22)(H2,18,19,23)/t10?,11-,12-,14-/m0/s1. The van der Waals surface area contributed by atoms with Crippen LogP contribution in [0.2, 0.25) is 0 Å². The van der Waals surface area contributed by atoms with E-state index in [0.29, 0.717) is 18.1 Å². The van der Waals surface area contributed by atoms with E-state index in [0.717, 1.165) is 31.4 Å². The van der Waals surface area contributed by atoms with Crippen LogP contribution < -0.4 is 16.0 Å². The molecular formula is C16H27N3O4S. The Morgan fingerprint density at radius 2 is 2.17 bits per heavy atom. The Morgan fingerprint density at radius 1 is 1.38 bits per heavy atom. The average molecular weight is 357 g/mol. The Morgan fingerprint density at radius 3 is 2.88 bits per heavy atom. The molecule has 0 bridgehead atoms. The summed E-state index contributed by atoms with van der Waals surface area (Å²) < 4.78 is 0. The molecule has 24 heavy (non-hydrogen) atoms. The van der Waals surface area contributed by atoms with Crippen molar-refractivity contribution in [3.05, 3.63) is 0 Å². The number of hydrogen-bond acceptors (Lipinski definition) is 4. The van der Waals surface area contributed by atoms with Crippen LogP contribution in [0.4, 0.5) is 4.79 Å². The van der Waals surface area contributed by atoms with Crippen LogP contribution in [0.5, 0.6) is 0 Å². The van der Waals surface area contributed by atoms with Crippen molar-refractivity contribution < 1.29 is 19.5 Å². The Labute approximate surface area is 146 Å². The van der Waals surface area contributed by atoms with Gasteiger partial charge < -0.3 is 21.1 Å². The van der Waals surface area contributed by atoms with Crippen LogP contribution in [0.15, 0.2) is 0 Å². The van der Waals surface area contributed by atoms with Crippen LogP contribution in [0.25, 0.3) is 0 Å². The SMILES string of the molecule is CCCC(CNC(=O)CCCC[C@@H]1SC[C@@H]2NC(=O)N[C@@H]21)C(=O)O. The number of urea groups is 1. The number of fused-ring (bicyclic) bond motifs is 1. The van der Waals surface area contributed by atoms with E-state index >= 15 is 0 Å². The first-order valence-electron chi connectivity index (χ1n) is 8.69. The second-order valence-corrected chi connectivity index (χ2v) is 7.77. The van der Waals surface area contributed by atoms with Crippen LogP contribution in [0.1, 0.15) is 45.4 Å². The summed E-state index contributed by atoms with van der Waals surface area (Å²) in [5, 5.41) is 18.1. The number of amides is 3. The number of hydrogen-bond donors (Lipinski definition) is 4. The second kappa shape index (κ2) is 9.15. The van der Waals surface area contributed by atoms with E-state index in [4.69, 9.17) is 5.11 Å². The third-order valence-electron chi connectivity index (χ3n) is 4.61.